The highest BCUT2D eigenvalue weighted by molar-refractivity contribution is 5.80. The van der Waals surface area contributed by atoms with E-state index in [0.717, 1.165) is 24.9 Å². The number of hydrogen-bond donors (Lipinski definition) is 0. The topological polar surface area (TPSA) is 141 Å². The Labute approximate surface area is 327 Å². The number of non-ortho nitro benzene ring substituents is 1. The fourth-order valence-corrected chi connectivity index (χ4v) is 6.53. The average molecular weight is 759 g/mol. The van der Waals surface area contributed by atoms with Gasteiger partial charge in [-0.25, -0.2) is 4.79 Å². The monoisotopic (exact) mass is 758 g/mol. The SMILES string of the molecule is CCCCCCCCCCCCCCCCCC(C(=O)OCC)N(CC)c1ccc(N=Nc2cc(OC)c(N=Nc3ccc([N+](=O)[O-])cc3)cc2OC)cc1. The first kappa shape index (κ1) is 44.5. The minimum absolute atomic E-state index is 0.0308. The van der Waals surface area contributed by atoms with Crippen molar-refractivity contribution in [2.75, 3.05) is 32.3 Å². The molecular weight excluding hydrogens is 697 g/mol. The van der Waals surface area contributed by atoms with Crippen molar-refractivity contribution < 1.29 is 23.9 Å². The van der Waals surface area contributed by atoms with E-state index in [1.165, 1.54) is 122 Å². The summed E-state index contributed by atoms with van der Waals surface area (Å²) in [4.78, 5) is 25.7. The number of nitro benzene ring substituents is 1. The molecule has 0 aliphatic carbocycles. The van der Waals surface area contributed by atoms with E-state index in [4.69, 9.17) is 14.2 Å². The molecule has 0 heterocycles. The van der Waals surface area contributed by atoms with E-state index >= 15 is 0 Å². The summed E-state index contributed by atoms with van der Waals surface area (Å²) in [5.41, 5.74) is 2.77. The molecule has 55 heavy (non-hydrogen) atoms. The van der Waals surface area contributed by atoms with Crippen LogP contribution >= 0.6 is 0 Å². The van der Waals surface area contributed by atoms with Crippen LogP contribution in [-0.4, -0.2) is 44.3 Å². The van der Waals surface area contributed by atoms with Gasteiger partial charge >= 0.3 is 5.97 Å². The number of anilines is 1. The molecule has 0 saturated carbocycles. The second-order valence-corrected chi connectivity index (χ2v) is 13.7. The van der Waals surface area contributed by atoms with Gasteiger partial charge in [-0.05, 0) is 56.7 Å². The quantitative estimate of drug-likeness (QED) is 0.0236. The van der Waals surface area contributed by atoms with E-state index < -0.39 is 4.92 Å². The zero-order valence-corrected chi connectivity index (χ0v) is 33.7. The van der Waals surface area contributed by atoms with Gasteiger partial charge < -0.3 is 19.1 Å². The third-order valence-electron chi connectivity index (χ3n) is 9.63. The van der Waals surface area contributed by atoms with Gasteiger partial charge in [-0.3, -0.25) is 10.1 Å². The first-order valence-corrected chi connectivity index (χ1v) is 20.2. The molecule has 0 bridgehead atoms. The molecule has 1 unspecified atom stereocenters. The lowest BCUT2D eigenvalue weighted by atomic mass is 10.0. The number of esters is 1. The van der Waals surface area contributed by atoms with Crippen LogP contribution in [0.4, 0.5) is 34.1 Å². The van der Waals surface area contributed by atoms with Gasteiger partial charge in [0.2, 0.25) is 0 Å². The summed E-state index contributed by atoms with van der Waals surface area (Å²) in [6, 6.07) is 16.3. The molecule has 0 aliphatic rings. The van der Waals surface area contributed by atoms with E-state index in [9.17, 15) is 14.9 Å². The molecule has 3 rings (SSSR count). The van der Waals surface area contributed by atoms with Gasteiger partial charge in [-0.2, -0.15) is 10.2 Å². The van der Waals surface area contributed by atoms with Crippen molar-refractivity contribution in [1.29, 1.82) is 0 Å². The minimum Gasteiger partial charge on any atom is -0.494 e. The van der Waals surface area contributed by atoms with Crippen molar-refractivity contribution in [3.8, 4) is 11.5 Å². The number of methoxy groups -OCH3 is 2. The number of likely N-dealkylation sites (N-methyl/N-ethyl adjacent to an activating group) is 1. The summed E-state index contributed by atoms with van der Waals surface area (Å²) in [6.07, 6.45) is 20.3. The van der Waals surface area contributed by atoms with Gasteiger partial charge in [0, 0.05) is 36.5 Å². The maximum atomic E-state index is 13.2. The molecule has 3 aromatic carbocycles. The third kappa shape index (κ3) is 15.8. The van der Waals surface area contributed by atoms with Crippen LogP contribution in [0.2, 0.25) is 0 Å². The maximum absolute atomic E-state index is 13.2. The van der Waals surface area contributed by atoms with Crippen molar-refractivity contribution in [2.24, 2.45) is 20.5 Å². The number of azo groups is 2. The molecular formula is C43H62N6O6. The molecule has 12 heteroatoms. The number of hydrogen-bond acceptors (Lipinski definition) is 11. The number of unbranched alkanes of at least 4 members (excludes halogenated alkanes) is 14. The molecule has 0 spiro atoms. The van der Waals surface area contributed by atoms with Crippen LogP contribution in [0.15, 0.2) is 81.1 Å². The summed E-state index contributed by atoms with van der Waals surface area (Å²) in [5.74, 6) is 0.621. The Morgan fingerprint density at radius 3 is 1.49 bits per heavy atom. The summed E-state index contributed by atoms with van der Waals surface area (Å²) in [6.45, 7) is 7.19. The van der Waals surface area contributed by atoms with Crippen molar-refractivity contribution in [1.82, 2.24) is 0 Å². The molecule has 12 nitrogen and oxygen atoms in total. The molecule has 1 atom stereocenters. The Morgan fingerprint density at radius 2 is 1.09 bits per heavy atom. The highest BCUT2D eigenvalue weighted by atomic mass is 16.6. The summed E-state index contributed by atoms with van der Waals surface area (Å²) in [7, 11) is 3.03. The first-order valence-electron chi connectivity index (χ1n) is 20.2. The predicted molar refractivity (Wildman–Crippen MR) is 220 cm³/mol. The molecule has 0 amide bonds. The van der Waals surface area contributed by atoms with Crippen molar-refractivity contribution in [2.45, 2.75) is 130 Å². The summed E-state index contributed by atoms with van der Waals surface area (Å²) in [5, 5.41) is 28.2. The zero-order chi connectivity index (χ0) is 39.7. The lowest BCUT2D eigenvalue weighted by molar-refractivity contribution is -0.384. The molecule has 0 saturated heterocycles. The Kier molecular flexibility index (Phi) is 21.1. The van der Waals surface area contributed by atoms with E-state index in [0.29, 0.717) is 47.4 Å². The first-order chi connectivity index (χ1) is 26.8. The molecule has 0 aromatic heterocycles. The normalized spacial score (nSPS) is 11.9. The standard InChI is InChI=1S/C43H62N6O6/c1-6-9-10-11-12-13-14-15-16-17-18-19-20-21-22-23-40(43(50)55-8-3)48(7-2)36-28-24-34(25-29-36)44-46-38-32-42(54-5)39(33-41(38)53-4)47-45-35-26-30-37(31-27-35)49(51)52/h24-33,40H,6-23H2,1-5H3. The molecule has 0 N–H and O–H groups in total. The van der Waals surface area contributed by atoms with E-state index in [1.807, 2.05) is 31.2 Å². The fourth-order valence-electron chi connectivity index (χ4n) is 6.53. The number of nitro groups is 1. The smallest absolute Gasteiger partial charge is 0.328 e. The van der Waals surface area contributed by atoms with Gasteiger partial charge in [0.25, 0.3) is 5.69 Å². The molecule has 0 aliphatic heterocycles. The van der Waals surface area contributed by atoms with Crippen LogP contribution in [0.1, 0.15) is 124 Å². The Hall–Kier alpha value is -4.87. The highest BCUT2D eigenvalue weighted by Crippen LogP contribution is 2.41. The van der Waals surface area contributed by atoms with Crippen LogP contribution in [0.5, 0.6) is 11.5 Å². The van der Waals surface area contributed by atoms with Crippen LogP contribution < -0.4 is 14.4 Å². The lowest BCUT2D eigenvalue weighted by Crippen LogP contribution is -2.42. The van der Waals surface area contributed by atoms with Gasteiger partial charge in [0.15, 0.2) is 0 Å². The zero-order valence-electron chi connectivity index (χ0n) is 33.7. The Bertz CT molecular complexity index is 1610. The highest BCUT2D eigenvalue weighted by Gasteiger charge is 2.26. The molecule has 0 fully saturated rings. The number of benzene rings is 3. The lowest BCUT2D eigenvalue weighted by Gasteiger charge is -2.31. The van der Waals surface area contributed by atoms with Crippen molar-refractivity contribution in [3.63, 3.8) is 0 Å². The van der Waals surface area contributed by atoms with Gasteiger partial charge in [0.05, 0.1) is 37.1 Å². The van der Waals surface area contributed by atoms with Crippen LogP contribution in [0, 0.1) is 10.1 Å². The van der Waals surface area contributed by atoms with Crippen LogP contribution in [0.25, 0.3) is 0 Å². The van der Waals surface area contributed by atoms with Gasteiger partial charge in [-0.1, -0.05) is 103 Å². The molecule has 0 radical (unpaired) electrons. The number of nitrogens with zero attached hydrogens (tertiary/aromatic N) is 6. The molecule has 3 aromatic rings. The second-order valence-electron chi connectivity index (χ2n) is 13.7. The van der Waals surface area contributed by atoms with Crippen LogP contribution in [-0.2, 0) is 9.53 Å². The van der Waals surface area contributed by atoms with Crippen molar-refractivity contribution >= 4 is 40.1 Å². The largest absolute Gasteiger partial charge is 0.494 e. The van der Waals surface area contributed by atoms with E-state index in [1.54, 1.807) is 12.1 Å². The second kappa shape index (κ2) is 26.0. The summed E-state index contributed by atoms with van der Waals surface area (Å²) < 4.78 is 16.6. The number of ether oxygens (including phenoxy) is 3. The van der Waals surface area contributed by atoms with Crippen LogP contribution in [0.3, 0.4) is 0 Å². The van der Waals surface area contributed by atoms with E-state index in [2.05, 4.69) is 39.2 Å². The maximum Gasteiger partial charge on any atom is 0.328 e. The third-order valence-corrected chi connectivity index (χ3v) is 9.63. The molecule has 300 valence electrons. The summed E-state index contributed by atoms with van der Waals surface area (Å²) >= 11 is 0. The van der Waals surface area contributed by atoms with Gasteiger partial charge in [-0.15, -0.1) is 10.2 Å². The Morgan fingerprint density at radius 1 is 0.655 bits per heavy atom. The van der Waals surface area contributed by atoms with Crippen molar-refractivity contribution in [3.05, 3.63) is 70.8 Å². The van der Waals surface area contributed by atoms with Gasteiger partial charge in [0.1, 0.15) is 28.9 Å². The minimum atomic E-state index is -0.472. The average Bonchev–Trinajstić information content (AvgIpc) is 3.20. The fraction of sp³-hybridized carbons (Fsp3) is 0.558. The number of carbonyl (C=O) groups is 1. The number of rotatable bonds is 28. The predicted octanol–water partition coefficient (Wildman–Crippen LogP) is 13.5. The number of carbonyl (C=O) groups excluding carboxylic acids is 1. The Balaban J connectivity index is 1.55. The van der Waals surface area contributed by atoms with E-state index in [-0.39, 0.29) is 17.7 Å².